The lowest BCUT2D eigenvalue weighted by atomic mass is 9.97. The van der Waals surface area contributed by atoms with Gasteiger partial charge < -0.3 is 14.5 Å². The first kappa shape index (κ1) is 21.0. The molecule has 0 spiro atoms. The molecule has 26 heavy (non-hydrogen) atoms. The molecule has 1 amide bonds. The summed E-state index contributed by atoms with van der Waals surface area (Å²) in [6.07, 6.45) is 8.65. The van der Waals surface area contributed by atoms with E-state index in [9.17, 15) is 4.79 Å². The van der Waals surface area contributed by atoms with Crippen LogP contribution in [0.15, 0.2) is 24.3 Å². The van der Waals surface area contributed by atoms with E-state index in [0.29, 0.717) is 12.6 Å². The minimum absolute atomic E-state index is 0. The molecule has 1 aromatic carbocycles. The van der Waals surface area contributed by atoms with Crippen molar-refractivity contribution in [2.75, 3.05) is 32.8 Å². The predicted octanol–water partition coefficient (Wildman–Crippen LogP) is 4.38. The van der Waals surface area contributed by atoms with Gasteiger partial charge in [0.2, 0.25) is 0 Å². The van der Waals surface area contributed by atoms with E-state index < -0.39 is 0 Å². The zero-order valence-corrected chi connectivity index (χ0v) is 16.8. The van der Waals surface area contributed by atoms with Crippen molar-refractivity contribution in [2.45, 2.75) is 57.9 Å². The van der Waals surface area contributed by atoms with Crippen LogP contribution in [0.4, 0.5) is 0 Å². The molecular weight excluding hydrogens is 348 g/mol. The number of piperidine rings is 2. The molecule has 1 atom stereocenters. The van der Waals surface area contributed by atoms with Crippen LogP contribution in [0.3, 0.4) is 0 Å². The van der Waals surface area contributed by atoms with E-state index in [-0.39, 0.29) is 18.3 Å². The number of benzene rings is 1. The molecule has 0 saturated carbocycles. The van der Waals surface area contributed by atoms with Gasteiger partial charge in [-0.25, -0.2) is 0 Å². The highest BCUT2D eigenvalue weighted by Crippen LogP contribution is 2.24. The molecule has 5 heteroatoms. The molecule has 2 fully saturated rings. The second-order valence-corrected chi connectivity index (χ2v) is 7.30. The quantitative estimate of drug-likeness (QED) is 0.734. The van der Waals surface area contributed by atoms with Gasteiger partial charge in [-0.05, 0) is 76.7 Å². The molecule has 0 radical (unpaired) electrons. The van der Waals surface area contributed by atoms with Crippen LogP contribution < -0.4 is 4.74 Å². The molecule has 0 bridgehead atoms. The smallest absolute Gasteiger partial charge is 0.254 e. The van der Waals surface area contributed by atoms with Gasteiger partial charge in [0.15, 0.2) is 0 Å². The number of ether oxygens (including phenoxy) is 1. The van der Waals surface area contributed by atoms with Crippen LogP contribution >= 0.6 is 12.4 Å². The Morgan fingerprint density at radius 1 is 1.12 bits per heavy atom. The average Bonchev–Trinajstić information content (AvgIpc) is 2.67. The fourth-order valence-corrected chi connectivity index (χ4v) is 4.13. The Morgan fingerprint density at radius 2 is 1.88 bits per heavy atom. The number of hydrogen-bond donors (Lipinski definition) is 0. The molecular formula is C21H33ClN2O2. The summed E-state index contributed by atoms with van der Waals surface area (Å²) < 4.78 is 5.56. The van der Waals surface area contributed by atoms with E-state index >= 15 is 0 Å². The Kier molecular flexibility index (Phi) is 8.73. The lowest BCUT2D eigenvalue weighted by molar-refractivity contribution is 0.0579. The normalized spacial score (nSPS) is 21.1. The number of likely N-dealkylation sites (tertiary alicyclic amines) is 2. The van der Waals surface area contributed by atoms with Crippen molar-refractivity contribution in [2.24, 2.45) is 0 Å². The van der Waals surface area contributed by atoms with Gasteiger partial charge in [-0.3, -0.25) is 4.79 Å². The summed E-state index contributed by atoms with van der Waals surface area (Å²) in [6.45, 7) is 7.08. The maximum Gasteiger partial charge on any atom is 0.254 e. The van der Waals surface area contributed by atoms with Crippen molar-refractivity contribution in [1.82, 2.24) is 9.80 Å². The number of nitrogens with zero attached hydrogens (tertiary/aromatic N) is 2. The number of hydrogen-bond acceptors (Lipinski definition) is 3. The summed E-state index contributed by atoms with van der Waals surface area (Å²) >= 11 is 0. The summed E-state index contributed by atoms with van der Waals surface area (Å²) in [5.74, 6) is 0.958. The minimum atomic E-state index is 0. The third-order valence-corrected chi connectivity index (χ3v) is 5.51. The van der Waals surface area contributed by atoms with Gasteiger partial charge >= 0.3 is 0 Å². The summed E-state index contributed by atoms with van der Waals surface area (Å²) in [5.41, 5.74) is 0.760. The third kappa shape index (κ3) is 5.62. The standard InChI is InChI=1S/C21H32N2O2.ClH/c1-2-25-20-11-8-9-18(17-20)21(24)23-15-7-4-10-19(23)12-16-22-13-5-3-6-14-22;/h8-9,11,17,19H,2-7,10,12-16H2,1H3;1H. The number of amides is 1. The monoisotopic (exact) mass is 380 g/mol. The lowest BCUT2D eigenvalue weighted by Crippen LogP contribution is -2.45. The van der Waals surface area contributed by atoms with Crippen LogP contribution in [0.5, 0.6) is 5.75 Å². The fourth-order valence-electron chi connectivity index (χ4n) is 4.13. The van der Waals surface area contributed by atoms with Crippen molar-refractivity contribution < 1.29 is 9.53 Å². The highest BCUT2D eigenvalue weighted by molar-refractivity contribution is 5.94. The van der Waals surface area contributed by atoms with Gasteiger partial charge in [-0.1, -0.05) is 12.5 Å². The van der Waals surface area contributed by atoms with E-state index in [1.807, 2.05) is 31.2 Å². The Balaban J connectivity index is 0.00000243. The first-order valence-electron chi connectivity index (χ1n) is 10.0. The largest absolute Gasteiger partial charge is 0.494 e. The fraction of sp³-hybridized carbons (Fsp3) is 0.667. The van der Waals surface area contributed by atoms with Crippen molar-refractivity contribution in [3.63, 3.8) is 0 Å². The third-order valence-electron chi connectivity index (χ3n) is 5.51. The van der Waals surface area contributed by atoms with E-state index in [1.54, 1.807) is 0 Å². The molecule has 0 aliphatic carbocycles. The van der Waals surface area contributed by atoms with Gasteiger partial charge in [0, 0.05) is 24.7 Å². The van der Waals surface area contributed by atoms with E-state index in [2.05, 4.69) is 9.80 Å². The summed E-state index contributed by atoms with van der Waals surface area (Å²) in [4.78, 5) is 17.8. The maximum atomic E-state index is 13.1. The average molecular weight is 381 g/mol. The number of carbonyl (C=O) groups is 1. The van der Waals surface area contributed by atoms with Gasteiger partial charge in [0.1, 0.15) is 5.75 Å². The number of rotatable bonds is 6. The van der Waals surface area contributed by atoms with Crippen molar-refractivity contribution in [3.8, 4) is 5.75 Å². The summed E-state index contributed by atoms with van der Waals surface area (Å²) in [7, 11) is 0. The van der Waals surface area contributed by atoms with Crippen molar-refractivity contribution >= 4 is 18.3 Å². The van der Waals surface area contributed by atoms with Crippen LogP contribution in [0.2, 0.25) is 0 Å². The SMILES string of the molecule is CCOc1cccc(C(=O)N2CCCCC2CCN2CCCCC2)c1.Cl. The topological polar surface area (TPSA) is 32.8 Å². The predicted molar refractivity (Wildman–Crippen MR) is 108 cm³/mol. The van der Waals surface area contributed by atoms with Gasteiger partial charge in [0.05, 0.1) is 6.61 Å². The summed E-state index contributed by atoms with van der Waals surface area (Å²) in [6, 6.07) is 8.04. The molecule has 3 rings (SSSR count). The molecule has 2 aliphatic heterocycles. The van der Waals surface area contributed by atoms with Crippen LogP contribution in [-0.2, 0) is 0 Å². The molecule has 1 aromatic rings. The molecule has 2 aliphatic rings. The zero-order chi connectivity index (χ0) is 17.5. The molecule has 0 aromatic heterocycles. The number of halogens is 1. The Bertz CT molecular complexity index is 561. The minimum Gasteiger partial charge on any atom is -0.494 e. The van der Waals surface area contributed by atoms with Crippen LogP contribution in [0.1, 0.15) is 62.2 Å². The Hall–Kier alpha value is -1.26. The van der Waals surface area contributed by atoms with Crippen LogP contribution in [0, 0.1) is 0 Å². The van der Waals surface area contributed by atoms with Crippen molar-refractivity contribution in [1.29, 1.82) is 0 Å². The molecule has 1 unspecified atom stereocenters. The Labute approximate surface area is 164 Å². The summed E-state index contributed by atoms with van der Waals surface area (Å²) in [5, 5.41) is 0. The maximum absolute atomic E-state index is 13.1. The van der Waals surface area contributed by atoms with Crippen LogP contribution in [-0.4, -0.2) is 54.5 Å². The molecule has 2 saturated heterocycles. The first-order chi connectivity index (χ1) is 12.3. The van der Waals surface area contributed by atoms with E-state index in [0.717, 1.165) is 43.7 Å². The van der Waals surface area contributed by atoms with Gasteiger partial charge in [-0.2, -0.15) is 0 Å². The second-order valence-electron chi connectivity index (χ2n) is 7.30. The van der Waals surface area contributed by atoms with Crippen LogP contribution in [0.25, 0.3) is 0 Å². The molecule has 2 heterocycles. The first-order valence-corrected chi connectivity index (χ1v) is 10.0. The second kappa shape index (κ2) is 10.8. The number of carbonyl (C=O) groups excluding carboxylic acids is 1. The van der Waals surface area contributed by atoms with Gasteiger partial charge in [-0.15, -0.1) is 12.4 Å². The van der Waals surface area contributed by atoms with E-state index in [4.69, 9.17) is 4.74 Å². The zero-order valence-electron chi connectivity index (χ0n) is 16.0. The highest BCUT2D eigenvalue weighted by atomic mass is 35.5. The Morgan fingerprint density at radius 3 is 2.65 bits per heavy atom. The van der Waals surface area contributed by atoms with Crippen molar-refractivity contribution in [3.05, 3.63) is 29.8 Å². The van der Waals surface area contributed by atoms with Gasteiger partial charge in [0.25, 0.3) is 5.91 Å². The molecule has 146 valence electrons. The lowest BCUT2D eigenvalue weighted by Gasteiger charge is -2.37. The molecule has 0 N–H and O–H groups in total. The van der Waals surface area contributed by atoms with E-state index in [1.165, 1.54) is 38.8 Å². The highest BCUT2D eigenvalue weighted by Gasteiger charge is 2.28. The molecule has 4 nitrogen and oxygen atoms in total.